The van der Waals surface area contributed by atoms with Gasteiger partial charge in [0.25, 0.3) is 0 Å². The van der Waals surface area contributed by atoms with Gasteiger partial charge in [-0.1, -0.05) is 6.07 Å². The molecule has 3 rings (SSSR count). The molecule has 104 valence electrons. The minimum atomic E-state index is -0.357. The maximum Gasteiger partial charge on any atom is 0.234 e. The predicted molar refractivity (Wildman–Crippen MR) is 73.4 cm³/mol. The third kappa shape index (κ3) is 2.42. The summed E-state index contributed by atoms with van der Waals surface area (Å²) in [5.41, 5.74) is -0.357. The molecule has 1 aromatic heterocycles. The Hall–Kier alpha value is -0.910. The molecule has 2 fully saturated rings. The Labute approximate surface area is 117 Å². The van der Waals surface area contributed by atoms with E-state index in [0.717, 1.165) is 12.8 Å². The molecule has 0 atom stereocenters. The molecule has 0 aliphatic carbocycles. The lowest BCUT2D eigenvalue weighted by molar-refractivity contribution is -0.145. The van der Waals surface area contributed by atoms with Gasteiger partial charge in [0.1, 0.15) is 0 Å². The predicted octanol–water partition coefficient (Wildman–Crippen LogP) is 1.66. The van der Waals surface area contributed by atoms with Gasteiger partial charge in [0, 0.05) is 31.2 Å². The van der Waals surface area contributed by atoms with Gasteiger partial charge in [-0.2, -0.15) is 0 Å². The lowest BCUT2D eigenvalue weighted by Gasteiger charge is -2.40. The van der Waals surface area contributed by atoms with Crippen molar-refractivity contribution in [1.82, 2.24) is 4.90 Å². The first-order valence-corrected chi connectivity index (χ1v) is 7.70. The number of ether oxygens (including phenoxy) is 2. The van der Waals surface area contributed by atoms with E-state index in [4.69, 9.17) is 9.47 Å². The Bertz CT molecular complexity index is 420. The summed E-state index contributed by atoms with van der Waals surface area (Å²) in [4.78, 5) is 16.1. The quantitative estimate of drug-likeness (QED) is 0.827. The smallest absolute Gasteiger partial charge is 0.234 e. The van der Waals surface area contributed by atoms with E-state index >= 15 is 0 Å². The monoisotopic (exact) mass is 281 g/mol. The van der Waals surface area contributed by atoms with E-state index in [2.05, 4.69) is 11.4 Å². The molecule has 3 heterocycles. The SMILES string of the molecule is O=C(N1CCOCC1)C1(c2cccs2)CCOCC1. The lowest BCUT2D eigenvalue weighted by atomic mass is 9.77. The van der Waals surface area contributed by atoms with Crippen LogP contribution in [0.4, 0.5) is 0 Å². The van der Waals surface area contributed by atoms with Crippen LogP contribution in [0.5, 0.6) is 0 Å². The van der Waals surface area contributed by atoms with Crippen LogP contribution in [0.1, 0.15) is 17.7 Å². The summed E-state index contributed by atoms with van der Waals surface area (Å²) < 4.78 is 10.8. The van der Waals surface area contributed by atoms with Gasteiger partial charge >= 0.3 is 0 Å². The molecule has 0 radical (unpaired) electrons. The van der Waals surface area contributed by atoms with E-state index in [9.17, 15) is 4.79 Å². The van der Waals surface area contributed by atoms with E-state index in [0.29, 0.717) is 39.5 Å². The highest BCUT2D eigenvalue weighted by Gasteiger charge is 2.45. The molecule has 1 amide bonds. The van der Waals surface area contributed by atoms with Crippen LogP contribution in [0.25, 0.3) is 0 Å². The van der Waals surface area contributed by atoms with Crippen LogP contribution >= 0.6 is 11.3 Å². The van der Waals surface area contributed by atoms with Crippen molar-refractivity contribution in [2.45, 2.75) is 18.3 Å². The normalized spacial score (nSPS) is 23.3. The number of carbonyl (C=O) groups is 1. The largest absolute Gasteiger partial charge is 0.381 e. The second kappa shape index (κ2) is 5.61. The molecule has 5 heteroatoms. The fraction of sp³-hybridized carbons (Fsp3) is 0.643. The Morgan fingerprint density at radius 2 is 1.84 bits per heavy atom. The number of carbonyl (C=O) groups excluding carboxylic acids is 1. The highest BCUT2D eigenvalue weighted by molar-refractivity contribution is 7.10. The second-order valence-electron chi connectivity index (χ2n) is 5.08. The Morgan fingerprint density at radius 1 is 1.16 bits per heavy atom. The third-order valence-electron chi connectivity index (χ3n) is 4.05. The van der Waals surface area contributed by atoms with Gasteiger partial charge in [0.2, 0.25) is 5.91 Å². The van der Waals surface area contributed by atoms with Crippen LogP contribution in [0.15, 0.2) is 17.5 Å². The zero-order valence-corrected chi connectivity index (χ0v) is 11.8. The fourth-order valence-corrected chi connectivity index (χ4v) is 3.88. The fourth-order valence-electron chi connectivity index (χ4n) is 2.91. The molecule has 19 heavy (non-hydrogen) atoms. The first kappa shape index (κ1) is 13.1. The van der Waals surface area contributed by atoms with Crippen LogP contribution < -0.4 is 0 Å². The summed E-state index contributed by atoms with van der Waals surface area (Å²) in [6, 6.07) is 4.12. The van der Waals surface area contributed by atoms with Gasteiger partial charge in [-0.15, -0.1) is 11.3 Å². The van der Waals surface area contributed by atoms with Crippen molar-refractivity contribution in [2.24, 2.45) is 0 Å². The standard InChI is InChI=1S/C14H19NO3S/c16-13(15-5-9-18-10-6-15)14(3-7-17-8-4-14)12-2-1-11-19-12/h1-2,11H,3-10H2. The van der Waals surface area contributed by atoms with Crippen LogP contribution in [0, 0.1) is 0 Å². The summed E-state index contributed by atoms with van der Waals surface area (Å²) in [6.07, 6.45) is 1.59. The summed E-state index contributed by atoms with van der Waals surface area (Å²) in [7, 11) is 0. The van der Waals surface area contributed by atoms with Crippen molar-refractivity contribution in [3.8, 4) is 0 Å². The minimum absolute atomic E-state index is 0.265. The van der Waals surface area contributed by atoms with Crippen LogP contribution in [-0.4, -0.2) is 50.3 Å². The zero-order valence-electron chi connectivity index (χ0n) is 11.0. The number of thiophene rings is 1. The van der Waals surface area contributed by atoms with E-state index in [-0.39, 0.29) is 11.3 Å². The number of nitrogens with zero attached hydrogens (tertiary/aromatic N) is 1. The number of morpholine rings is 1. The first-order valence-electron chi connectivity index (χ1n) is 6.82. The van der Waals surface area contributed by atoms with Gasteiger partial charge in [0.05, 0.1) is 18.6 Å². The van der Waals surface area contributed by atoms with Crippen molar-refractivity contribution in [2.75, 3.05) is 39.5 Å². The van der Waals surface area contributed by atoms with Gasteiger partial charge in [0.15, 0.2) is 0 Å². The van der Waals surface area contributed by atoms with Crippen LogP contribution in [0.2, 0.25) is 0 Å². The summed E-state index contributed by atoms with van der Waals surface area (Å²) in [6.45, 7) is 4.09. The maximum atomic E-state index is 13.0. The molecule has 0 saturated carbocycles. The molecular formula is C14H19NO3S. The van der Waals surface area contributed by atoms with E-state index < -0.39 is 0 Å². The summed E-state index contributed by atoms with van der Waals surface area (Å²) in [5, 5.41) is 2.05. The molecule has 0 spiro atoms. The van der Waals surface area contributed by atoms with Crippen molar-refractivity contribution >= 4 is 17.2 Å². The molecule has 1 aromatic rings. The maximum absolute atomic E-state index is 13.0. The Balaban J connectivity index is 1.88. The second-order valence-corrected chi connectivity index (χ2v) is 6.02. The van der Waals surface area contributed by atoms with Crippen molar-refractivity contribution in [3.63, 3.8) is 0 Å². The van der Waals surface area contributed by atoms with Crippen molar-refractivity contribution in [1.29, 1.82) is 0 Å². The van der Waals surface area contributed by atoms with Gasteiger partial charge in [-0.25, -0.2) is 0 Å². The zero-order chi connectivity index (χ0) is 13.1. The van der Waals surface area contributed by atoms with E-state index in [1.165, 1.54) is 4.88 Å². The summed E-state index contributed by atoms with van der Waals surface area (Å²) >= 11 is 1.69. The average molecular weight is 281 g/mol. The van der Waals surface area contributed by atoms with E-state index in [1.54, 1.807) is 11.3 Å². The van der Waals surface area contributed by atoms with Crippen LogP contribution in [0.3, 0.4) is 0 Å². The topological polar surface area (TPSA) is 38.8 Å². The molecule has 2 aliphatic rings. The van der Waals surface area contributed by atoms with Crippen molar-refractivity contribution < 1.29 is 14.3 Å². The highest BCUT2D eigenvalue weighted by atomic mass is 32.1. The number of rotatable bonds is 2. The molecular weight excluding hydrogens is 262 g/mol. The highest BCUT2D eigenvalue weighted by Crippen LogP contribution is 2.39. The molecule has 2 aliphatic heterocycles. The van der Waals surface area contributed by atoms with Crippen molar-refractivity contribution in [3.05, 3.63) is 22.4 Å². The Morgan fingerprint density at radius 3 is 2.47 bits per heavy atom. The lowest BCUT2D eigenvalue weighted by Crippen LogP contribution is -2.52. The molecule has 0 N–H and O–H groups in total. The van der Waals surface area contributed by atoms with Gasteiger partial charge in [-0.3, -0.25) is 4.79 Å². The molecule has 0 unspecified atom stereocenters. The number of hydrogen-bond acceptors (Lipinski definition) is 4. The summed E-state index contributed by atoms with van der Waals surface area (Å²) in [5.74, 6) is 0.265. The molecule has 2 saturated heterocycles. The number of hydrogen-bond donors (Lipinski definition) is 0. The number of amides is 1. The van der Waals surface area contributed by atoms with Crippen LogP contribution in [-0.2, 0) is 19.7 Å². The van der Waals surface area contributed by atoms with Gasteiger partial charge in [-0.05, 0) is 24.3 Å². The Kier molecular flexibility index (Phi) is 3.86. The van der Waals surface area contributed by atoms with Gasteiger partial charge < -0.3 is 14.4 Å². The minimum Gasteiger partial charge on any atom is -0.381 e. The first-order chi connectivity index (χ1) is 9.33. The molecule has 4 nitrogen and oxygen atoms in total. The molecule has 0 aromatic carbocycles. The third-order valence-corrected chi connectivity index (χ3v) is 5.12. The van der Waals surface area contributed by atoms with E-state index in [1.807, 2.05) is 11.0 Å². The average Bonchev–Trinajstić information content (AvgIpc) is 3.03. The molecule has 0 bridgehead atoms.